The van der Waals surface area contributed by atoms with Crippen molar-refractivity contribution >= 4 is 0 Å². The molecule has 0 radical (unpaired) electrons. The van der Waals surface area contributed by atoms with Gasteiger partial charge in [-0.2, -0.15) is 0 Å². The molecular formula is C14H28N2O. The largest absolute Gasteiger partial charge is 0.374 e. The maximum absolute atomic E-state index is 5.93. The summed E-state index contributed by atoms with van der Waals surface area (Å²) in [7, 11) is 0. The molecule has 0 aromatic rings. The van der Waals surface area contributed by atoms with Crippen molar-refractivity contribution in [1.82, 2.24) is 4.90 Å². The monoisotopic (exact) mass is 240 g/mol. The third-order valence-electron chi connectivity index (χ3n) is 4.55. The van der Waals surface area contributed by atoms with Gasteiger partial charge < -0.3 is 10.5 Å². The third-order valence-corrected chi connectivity index (χ3v) is 4.55. The third kappa shape index (κ3) is 3.43. The summed E-state index contributed by atoms with van der Waals surface area (Å²) in [6.07, 6.45) is 7.31. The summed E-state index contributed by atoms with van der Waals surface area (Å²) in [6.45, 7) is 7.61. The number of hydrogen-bond acceptors (Lipinski definition) is 3. The lowest BCUT2D eigenvalue weighted by atomic mass is 9.88. The number of likely N-dealkylation sites (tertiary alicyclic amines) is 1. The second kappa shape index (κ2) is 6.17. The molecule has 0 bridgehead atoms. The summed E-state index contributed by atoms with van der Waals surface area (Å²) in [5.41, 5.74) is 5.93. The van der Waals surface area contributed by atoms with Crippen LogP contribution in [0.25, 0.3) is 0 Å². The minimum atomic E-state index is 0.456. The maximum Gasteiger partial charge on any atom is 0.0706 e. The Morgan fingerprint density at radius 2 is 2.12 bits per heavy atom. The van der Waals surface area contributed by atoms with E-state index in [1.54, 1.807) is 0 Å². The fraction of sp³-hybridized carbons (Fsp3) is 1.00. The van der Waals surface area contributed by atoms with Crippen molar-refractivity contribution in [3.8, 4) is 0 Å². The first kappa shape index (κ1) is 13.3. The molecule has 2 aliphatic heterocycles. The van der Waals surface area contributed by atoms with Gasteiger partial charge in [-0.15, -0.1) is 0 Å². The van der Waals surface area contributed by atoms with E-state index in [2.05, 4.69) is 18.7 Å². The molecule has 0 aromatic heterocycles. The molecule has 2 rings (SSSR count). The van der Waals surface area contributed by atoms with E-state index in [1.165, 1.54) is 38.6 Å². The van der Waals surface area contributed by atoms with Crippen molar-refractivity contribution < 1.29 is 4.74 Å². The van der Waals surface area contributed by atoms with Crippen molar-refractivity contribution in [3.63, 3.8) is 0 Å². The molecular weight excluding hydrogens is 212 g/mol. The molecule has 0 aliphatic carbocycles. The molecule has 2 fully saturated rings. The van der Waals surface area contributed by atoms with Crippen LogP contribution in [0.5, 0.6) is 0 Å². The molecule has 4 unspecified atom stereocenters. The average Bonchev–Trinajstić information content (AvgIpc) is 2.75. The van der Waals surface area contributed by atoms with Gasteiger partial charge >= 0.3 is 0 Å². The van der Waals surface area contributed by atoms with Crippen molar-refractivity contribution in [2.24, 2.45) is 11.7 Å². The second-order valence-corrected chi connectivity index (χ2v) is 5.83. The molecule has 2 heterocycles. The van der Waals surface area contributed by atoms with Gasteiger partial charge in [-0.1, -0.05) is 13.3 Å². The van der Waals surface area contributed by atoms with Crippen molar-refractivity contribution in [3.05, 3.63) is 0 Å². The number of hydrogen-bond donors (Lipinski definition) is 1. The summed E-state index contributed by atoms with van der Waals surface area (Å²) in [5, 5.41) is 0. The number of nitrogens with two attached hydrogens (primary N) is 1. The van der Waals surface area contributed by atoms with Crippen LogP contribution in [-0.4, -0.2) is 42.8 Å². The highest BCUT2D eigenvalue weighted by Crippen LogP contribution is 2.27. The predicted molar refractivity (Wildman–Crippen MR) is 71.0 cm³/mol. The van der Waals surface area contributed by atoms with Gasteiger partial charge in [-0.25, -0.2) is 0 Å². The minimum Gasteiger partial charge on any atom is -0.374 e. The van der Waals surface area contributed by atoms with Crippen LogP contribution >= 0.6 is 0 Å². The fourth-order valence-corrected chi connectivity index (χ4v) is 3.32. The first-order chi connectivity index (χ1) is 8.22. The van der Waals surface area contributed by atoms with Crippen LogP contribution in [0.4, 0.5) is 0 Å². The van der Waals surface area contributed by atoms with Crippen molar-refractivity contribution in [1.29, 1.82) is 0 Å². The Morgan fingerprint density at radius 1 is 1.29 bits per heavy atom. The summed E-state index contributed by atoms with van der Waals surface area (Å²) in [4.78, 5) is 2.58. The first-order valence-corrected chi connectivity index (χ1v) is 7.32. The van der Waals surface area contributed by atoms with Gasteiger partial charge in [0.2, 0.25) is 0 Å². The summed E-state index contributed by atoms with van der Waals surface area (Å²) in [5.74, 6) is 0.892. The van der Waals surface area contributed by atoms with Gasteiger partial charge in [0.1, 0.15) is 0 Å². The highest BCUT2D eigenvalue weighted by atomic mass is 16.5. The zero-order valence-corrected chi connectivity index (χ0v) is 11.4. The van der Waals surface area contributed by atoms with Gasteiger partial charge in [0.05, 0.1) is 12.2 Å². The lowest BCUT2D eigenvalue weighted by molar-refractivity contribution is 0.00817. The topological polar surface area (TPSA) is 38.5 Å². The Kier molecular flexibility index (Phi) is 4.83. The van der Waals surface area contributed by atoms with E-state index in [4.69, 9.17) is 10.5 Å². The second-order valence-electron chi connectivity index (χ2n) is 5.83. The van der Waals surface area contributed by atoms with E-state index in [0.29, 0.717) is 18.2 Å². The molecule has 2 aliphatic rings. The van der Waals surface area contributed by atoms with E-state index < -0.39 is 0 Å². The van der Waals surface area contributed by atoms with Gasteiger partial charge in [0.15, 0.2) is 0 Å². The van der Waals surface area contributed by atoms with Crippen molar-refractivity contribution in [2.75, 3.05) is 19.6 Å². The Bertz CT molecular complexity index is 234. The number of piperidine rings is 1. The van der Waals surface area contributed by atoms with Gasteiger partial charge in [0, 0.05) is 19.1 Å². The molecule has 2 saturated heterocycles. The lowest BCUT2D eigenvalue weighted by Gasteiger charge is -2.39. The quantitative estimate of drug-likeness (QED) is 0.817. The molecule has 100 valence electrons. The zero-order chi connectivity index (χ0) is 12.3. The molecule has 0 aromatic carbocycles. The Hall–Kier alpha value is -0.120. The summed E-state index contributed by atoms with van der Waals surface area (Å²) in [6, 6.07) is 0.591. The molecule has 0 saturated carbocycles. The first-order valence-electron chi connectivity index (χ1n) is 7.32. The molecule has 4 atom stereocenters. The predicted octanol–water partition coefficient (Wildman–Crippen LogP) is 2.00. The fourth-order valence-electron chi connectivity index (χ4n) is 3.32. The summed E-state index contributed by atoms with van der Waals surface area (Å²) < 4.78 is 5.93. The Labute approximate surface area is 106 Å². The molecule has 0 amide bonds. The highest BCUT2D eigenvalue weighted by Gasteiger charge is 2.30. The van der Waals surface area contributed by atoms with Crippen LogP contribution in [0.15, 0.2) is 0 Å². The van der Waals surface area contributed by atoms with E-state index in [9.17, 15) is 0 Å². The lowest BCUT2D eigenvalue weighted by Crippen LogP contribution is -2.49. The SMILES string of the molecule is CCC1CCN(CC2CCC(C)O2)C(CN)C1. The van der Waals surface area contributed by atoms with Crippen LogP contribution in [0.1, 0.15) is 46.0 Å². The molecule has 17 heavy (non-hydrogen) atoms. The van der Waals surface area contributed by atoms with E-state index in [-0.39, 0.29) is 0 Å². The molecule has 3 heteroatoms. The van der Waals surface area contributed by atoms with Crippen molar-refractivity contribution in [2.45, 2.75) is 64.2 Å². The summed E-state index contributed by atoms with van der Waals surface area (Å²) >= 11 is 0. The Morgan fingerprint density at radius 3 is 2.71 bits per heavy atom. The Balaban J connectivity index is 1.83. The van der Waals surface area contributed by atoms with Crippen LogP contribution in [0, 0.1) is 5.92 Å². The number of nitrogens with zero attached hydrogens (tertiary/aromatic N) is 1. The normalized spacial score (nSPS) is 39.7. The molecule has 0 spiro atoms. The molecule has 2 N–H and O–H groups in total. The van der Waals surface area contributed by atoms with E-state index >= 15 is 0 Å². The highest BCUT2D eigenvalue weighted by molar-refractivity contribution is 4.85. The van der Waals surface area contributed by atoms with Gasteiger partial charge in [-0.3, -0.25) is 4.90 Å². The number of rotatable bonds is 4. The van der Waals surface area contributed by atoms with Gasteiger partial charge in [-0.05, 0) is 45.1 Å². The van der Waals surface area contributed by atoms with Crippen LogP contribution in [0.3, 0.4) is 0 Å². The smallest absolute Gasteiger partial charge is 0.0706 e. The van der Waals surface area contributed by atoms with Crippen LogP contribution in [-0.2, 0) is 4.74 Å². The standard InChI is InChI=1S/C14H28N2O/c1-3-12-6-7-16(13(8-12)9-15)10-14-5-4-11(2)17-14/h11-14H,3-10,15H2,1-2H3. The van der Waals surface area contributed by atoms with E-state index in [1.807, 2.05) is 0 Å². The van der Waals surface area contributed by atoms with Gasteiger partial charge in [0.25, 0.3) is 0 Å². The minimum absolute atomic E-state index is 0.456. The van der Waals surface area contributed by atoms with Crippen LogP contribution in [0.2, 0.25) is 0 Å². The van der Waals surface area contributed by atoms with E-state index in [0.717, 1.165) is 19.0 Å². The maximum atomic E-state index is 5.93. The average molecular weight is 240 g/mol. The molecule has 3 nitrogen and oxygen atoms in total. The number of ether oxygens (including phenoxy) is 1. The van der Waals surface area contributed by atoms with Crippen LogP contribution < -0.4 is 5.73 Å². The zero-order valence-electron chi connectivity index (χ0n) is 11.4.